The van der Waals surface area contributed by atoms with Crippen molar-refractivity contribution in [3.63, 3.8) is 0 Å². The monoisotopic (exact) mass is 407 g/mol. The van der Waals surface area contributed by atoms with Gasteiger partial charge >= 0.3 is 0 Å². The zero-order chi connectivity index (χ0) is 21.3. The standard InChI is InChI=1S/C31H21N/c1-20-8-6-14-28-30(20)25-16-15-21(22-9-7-17-32-19-22)18-29(25)31(28)26-12-4-2-10-23(26)24-11-3-5-13-27(24)31/h2-19H,1H3. The molecule has 0 aliphatic heterocycles. The van der Waals surface area contributed by atoms with E-state index in [0.717, 1.165) is 5.56 Å². The highest BCUT2D eigenvalue weighted by atomic mass is 14.6. The Morgan fingerprint density at radius 3 is 2.00 bits per heavy atom. The number of nitrogens with zero attached hydrogens (tertiary/aromatic N) is 1. The molecule has 0 atom stereocenters. The van der Waals surface area contributed by atoms with Gasteiger partial charge in [-0.1, -0.05) is 84.9 Å². The molecule has 2 aliphatic carbocycles. The van der Waals surface area contributed by atoms with Gasteiger partial charge in [0.25, 0.3) is 0 Å². The van der Waals surface area contributed by atoms with E-state index in [9.17, 15) is 0 Å². The first-order chi connectivity index (χ1) is 15.8. The van der Waals surface area contributed by atoms with Crippen LogP contribution in [0.15, 0.2) is 109 Å². The molecule has 4 aromatic carbocycles. The second-order valence-electron chi connectivity index (χ2n) is 8.84. The van der Waals surface area contributed by atoms with Crippen molar-refractivity contribution in [2.24, 2.45) is 0 Å². The van der Waals surface area contributed by atoms with Crippen LogP contribution in [0, 0.1) is 6.92 Å². The highest BCUT2D eigenvalue weighted by Crippen LogP contribution is 2.63. The van der Waals surface area contributed by atoms with Crippen LogP contribution < -0.4 is 0 Å². The normalized spacial score (nSPS) is 14.0. The number of benzene rings is 4. The zero-order valence-electron chi connectivity index (χ0n) is 17.8. The molecular formula is C31H21N. The minimum Gasteiger partial charge on any atom is -0.264 e. The molecule has 0 saturated heterocycles. The Labute approximate surface area is 188 Å². The van der Waals surface area contributed by atoms with Crippen molar-refractivity contribution in [2.75, 3.05) is 0 Å². The van der Waals surface area contributed by atoms with Crippen molar-refractivity contribution >= 4 is 0 Å². The van der Waals surface area contributed by atoms with Gasteiger partial charge in [-0.3, -0.25) is 4.98 Å². The van der Waals surface area contributed by atoms with Crippen LogP contribution in [0.25, 0.3) is 33.4 Å². The quantitative estimate of drug-likeness (QED) is 0.276. The number of aryl methyl sites for hydroxylation is 1. The lowest BCUT2D eigenvalue weighted by Gasteiger charge is -2.30. The fourth-order valence-electron chi connectivity index (χ4n) is 6.08. The predicted molar refractivity (Wildman–Crippen MR) is 131 cm³/mol. The van der Waals surface area contributed by atoms with Crippen molar-refractivity contribution in [3.05, 3.63) is 137 Å². The van der Waals surface area contributed by atoms with E-state index in [1.165, 1.54) is 55.6 Å². The summed E-state index contributed by atoms with van der Waals surface area (Å²) in [7, 11) is 0. The first kappa shape index (κ1) is 17.7. The summed E-state index contributed by atoms with van der Waals surface area (Å²) in [6.45, 7) is 2.24. The van der Waals surface area contributed by atoms with E-state index < -0.39 is 0 Å². The molecule has 150 valence electrons. The molecule has 5 aromatic rings. The minimum absolute atomic E-state index is 0.290. The fourth-order valence-corrected chi connectivity index (χ4v) is 6.08. The molecule has 1 nitrogen and oxygen atoms in total. The zero-order valence-corrected chi connectivity index (χ0v) is 17.8. The predicted octanol–water partition coefficient (Wildman–Crippen LogP) is 7.40. The van der Waals surface area contributed by atoms with Crippen molar-refractivity contribution in [2.45, 2.75) is 12.3 Å². The van der Waals surface area contributed by atoms with Gasteiger partial charge in [0.1, 0.15) is 0 Å². The number of fused-ring (bicyclic) bond motifs is 10. The molecule has 0 fully saturated rings. The molecule has 1 heteroatoms. The molecule has 0 bridgehead atoms. The highest BCUT2D eigenvalue weighted by Gasteiger charge is 2.51. The van der Waals surface area contributed by atoms with E-state index in [1.54, 1.807) is 0 Å². The summed E-state index contributed by atoms with van der Waals surface area (Å²) in [6, 6.07) is 35.8. The van der Waals surface area contributed by atoms with Crippen molar-refractivity contribution in [1.29, 1.82) is 0 Å². The second-order valence-corrected chi connectivity index (χ2v) is 8.84. The van der Waals surface area contributed by atoms with Gasteiger partial charge in [0, 0.05) is 12.4 Å². The third-order valence-electron chi connectivity index (χ3n) is 7.32. The number of hydrogen-bond donors (Lipinski definition) is 0. The molecule has 2 aliphatic rings. The van der Waals surface area contributed by atoms with E-state index in [0.29, 0.717) is 0 Å². The number of rotatable bonds is 1. The summed E-state index contributed by atoms with van der Waals surface area (Å²) in [5, 5.41) is 0. The Morgan fingerprint density at radius 1 is 0.562 bits per heavy atom. The maximum atomic E-state index is 4.37. The smallest absolute Gasteiger partial charge is 0.0725 e. The average Bonchev–Trinajstić information content (AvgIpc) is 3.32. The lowest BCUT2D eigenvalue weighted by Crippen LogP contribution is -2.25. The molecule has 32 heavy (non-hydrogen) atoms. The first-order valence-corrected chi connectivity index (χ1v) is 11.1. The van der Waals surface area contributed by atoms with Gasteiger partial charge in [-0.15, -0.1) is 0 Å². The topological polar surface area (TPSA) is 12.9 Å². The Morgan fingerprint density at radius 2 is 1.28 bits per heavy atom. The number of hydrogen-bond acceptors (Lipinski definition) is 1. The Balaban J connectivity index is 1.66. The van der Waals surface area contributed by atoms with E-state index in [4.69, 9.17) is 0 Å². The SMILES string of the molecule is Cc1cccc2c1-c1ccc(-c3cccnc3)cc1C21c2ccccc2-c2ccccc21. The molecule has 1 aromatic heterocycles. The number of pyridine rings is 1. The van der Waals surface area contributed by atoms with E-state index in [-0.39, 0.29) is 5.41 Å². The van der Waals surface area contributed by atoms with Crippen LogP contribution >= 0.6 is 0 Å². The van der Waals surface area contributed by atoms with Gasteiger partial charge in [-0.2, -0.15) is 0 Å². The van der Waals surface area contributed by atoms with Gasteiger partial charge < -0.3 is 0 Å². The van der Waals surface area contributed by atoms with Crippen LogP contribution in [0.3, 0.4) is 0 Å². The van der Waals surface area contributed by atoms with Crippen molar-refractivity contribution in [3.8, 4) is 33.4 Å². The average molecular weight is 408 g/mol. The maximum Gasteiger partial charge on any atom is 0.0725 e. The van der Waals surface area contributed by atoms with Gasteiger partial charge in [-0.25, -0.2) is 0 Å². The van der Waals surface area contributed by atoms with Crippen LogP contribution in [0.4, 0.5) is 0 Å². The third-order valence-corrected chi connectivity index (χ3v) is 7.32. The summed E-state index contributed by atoms with van der Waals surface area (Å²) in [5.74, 6) is 0. The highest BCUT2D eigenvalue weighted by molar-refractivity contribution is 5.96. The second kappa shape index (κ2) is 6.27. The summed E-state index contributed by atoms with van der Waals surface area (Å²) >= 11 is 0. The summed E-state index contributed by atoms with van der Waals surface area (Å²) < 4.78 is 0. The molecular weight excluding hydrogens is 386 g/mol. The molecule has 0 saturated carbocycles. The Hall–Kier alpha value is -3.97. The van der Waals surface area contributed by atoms with Gasteiger partial charge in [0.2, 0.25) is 0 Å². The van der Waals surface area contributed by atoms with Crippen LogP contribution in [-0.4, -0.2) is 4.98 Å². The summed E-state index contributed by atoms with van der Waals surface area (Å²) in [4.78, 5) is 4.37. The van der Waals surface area contributed by atoms with Gasteiger partial charge in [0.05, 0.1) is 5.41 Å². The van der Waals surface area contributed by atoms with Gasteiger partial charge in [0.15, 0.2) is 0 Å². The van der Waals surface area contributed by atoms with Crippen molar-refractivity contribution < 1.29 is 0 Å². The summed E-state index contributed by atoms with van der Waals surface area (Å²) in [5.41, 5.74) is 14.4. The molecule has 1 heterocycles. The minimum atomic E-state index is -0.290. The Bertz CT molecular complexity index is 1480. The molecule has 7 rings (SSSR count). The molecule has 1 spiro atoms. The van der Waals surface area contributed by atoms with E-state index in [1.807, 2.05) is 18.5 Å². The largest absolute Gasteiger partial charge is 0.264 e. The fraction of sp³-hybridized carbons (Fsp3) is 0.0645. The van der Waals surface area contributed by atoms with Crippen molar-refractivity contribution in [1.82, 2.24) is 4.98 Å². The molecule has 0 amide bonds. The molecule has 0 radical (unpaired) electrons. The maximum absolute atomic E-state index is 4.37. The first-order valence-electron chi connectivity index (χ1n) is 11.1. The lowest BCUT2D eigenvalue weighted by molar-refractivity contribution is 0.793. The third kappa shape index (κ3) is 2.06. The van der Waals surface area contributed by atoms with Crippen LogP contribution in [0.5, 0.6) is 0 Å². The van der Waals surface area contributed by atoms with Crippen LogP contribution in [-0.2, 0) is 5.41 Å². The molecule has 0 N–H and O–H groups in total. The Kier molecular flexibility index (Phi) is 3.47. The van der Waals surface area contributed by atoms with Crippen LogP contribution in [0.1, 0.15) is 27.8 Å². The van der Waals surface area contributed by atoms with Crippen LogP contribution in [0.2, 0.25) is 0 Å². The molecule has 0 unspecified atom stereocenters. The number of aromatic nitrogens is 1. The van der Waals surface area contributed by atoms with Gasteiger partial charge in [-0.05, 0) is 80.3 Å². The lowest BCUT2D eigenvalue weighted by atomic mass is 9.70. The van der Waals surface area contributed by atoms with E-state index in [2.05, 4.69) is 103 Å². The van der Waals surface area contributed by atoms with E-state index >= 15 is 0 Å². The summed E-state index contributed by atoms with van der Waals surface area (Å²) in [6.07, 6.45) is 3.79.